The molecule has 0 heterocycles. The zero-order valence-corrected chi connectivity index (χ0v) is 19.2. The normalized spacial score (nSPS) is 12.3. The van der Waals surface area contributed by atoms with E-state index in [1.807, 2.05) is 38.1 Å². The molecule has 1 N–H and O–H groups in total. The number of rotatable bonds is 7. The second-order valence-electron chi connectivity index (χ2n) is 7.46. The summed E-state index contributed by atoms with van der Waals surface area (Å²) in [6.45, 7) is 5.27. The zero-order valence-electron chi connectivity index (χ0n) is 17.7. The Morgan fingerprint density at radius 2 is 1.65 bits per heavy atom. The third-order valence-electron chi connectivity index (χ3n) is 5.01. The van der Waals surface area contributed by atoms with Gasteiger partial charge in [0.2, 0.25) is 5.91 Å². The second kappa shape index (κ2) is 9.54. The average molecular weight is 457 g/mol. The van der Waals surface area contributed by atoms with Gasteiger partial charge in [-0.25, -0.2) is 8.42 Å². The zero-order chi connectivity index (χ0) is 22.6. The largest absolute Gasteiger partial charge is 0.348 e. The molecule has 0 aliphatic carbocycles. The fourth-order valence-electron chi connectivity index (χ4n) is 3.23. The number of amides is 1. The maximum atomic E-state index is 13.4. The van der Waals surface area contributed by atoms with Gasteiger partial charge in [-0.1, -0.05) is 65.7 Å². The minimum absolute atomic E-state index is 0.105. The molecule has 0 saturated heterocycles. The monoisotopic (exact) mass is 456 g/mol. The molecule has 31 heavy (non-hydrogen) atoms. The van der Waals surface area contributed by atoms with Crippen molar-refractivity contribution in [2.75, 3.05) is 10.8 Å². The van der Waals surface area contributed by atoms with Crippen molar-refractivity contribution in [2.45, 2.75) is 31.7 Å². The van der Waals surface area contributed by atoms with E-state index in [9.17, 15) is 13.2 Å². The SMILES string of the molecule is Cc1ccc([C@H](C)NC(=O)CN(c2cc(Cl)ccc2C)S(=O)(=O)c2ccccc2)cc1. The number of nitrogens with one attached hydrogen (secondary N) is 1. The second-order valence-corrected chi connectivity index (χ2v) is 9.75. The molecule has 0 saturated carbocycles. The van der Waals surface area contributed by atoms with Crippen molar-refractivity contribution in [3.8, 4) is 0 Å². The molecule has 0 fully saturated rings. The van der Waals surface area contributed by atoms with Crippen molar-refractivity contribution in [2.24, 2.45) is 0 Å². The molecule has 5 nitrogen and oxygen atoms in total. The van der Waals surface area contributed by atoms with Gasteiger partial charge in [0.25, 0.3) is 10.0 Å². The lowest BCUT2D eigenvalue weighted by Gasteiger charge is -2.26. The van der Waals surface area contributed by atoms with Crippen LogP contribution in [0.4, 0.5) is 5.69 Å². The number of benzene rings is 3. The Labute approximate surface area is 188 Å². The highest BCUT2D eigenvalue weighted by atomic mass is 35.5. The maximum absolute atomic E-state index is 13.4. The molecule has 0 aliphatic rings. The van der Waals surface area contributed by atoms with Crippen LogP contribution in [0, 0.1) is 13.8 Å². The van der Waals surface area contributed by atoms with Gasteiger partial charge < -0.3 is 5.32 Å². The van der Waals surface area contributed by atoms with E-state index in [0.717, 1.165) is 15.4 Å². The van der Waals surface area contributed by atoms with Crippen LogP contribution in [0.3, 0.4) is 0 Å². The Kier molecular flexibility index (Phi) is 7.03. The molecule has 162 valence electrons. The van der Waals surface area contributed by atoms with Gasteiger partial charge in [-0.05, 0) is 56.2 Å². The third-order valence-corrected chi connectivity index (χ3v) is 7.02. The quantitative estimate of drug-likeness (QED) is 0.542. The van der Waals surface area contributed by atoms with Crippen LogP contribution in [0.15, 0.2) is 77.7 Å². The first-order valence-corrected chi connectivity index (χ1v) is 11.7. The van der Waals surface area contributed by atoms with Crippen LogP contribution in [-0.4, -0.2) is 20.9 Å². The summed E-state index contributed by atoms with van der Waals surface area (Å²) >= 11 is 6.15. The van der Waals surface area contributed by atoms with Gasteiger partial charge in [-0.2, -0.15) is 0 Å². The van der Waals surface area contributed by atoms with Gasteiger partial charge >= 0.3 is 0 Å². The van der Waals surface area contributed by atoms with Gasteiger partial charge in [0.05, 0.1) is 16.6 Å². The van der Waals surface area contributed by atoms with Gasteiger partial charge in [-0.3, -0.25) is 9.10 Å². The molecule has 7 heteroatoms. The van der Waals surface area contributed by atoms with E-state index in [4.69, 9.17) is 11.6 Å². The van der Waals surface area contributed by atoms with Crippen molar-refractivity contribution >= 4 is 33.2 Å². The minimum Gasteiger partial charge on any atom is -0.348 e. The van der Waals surface area contributed by atoms with Crippen molar-refractivity contribution < 1.29 is 13.2 Å². The number of carbonyl (C=O) groups is 1. The number of halogens is 1. The first-order valence-electron chi connectivity index (χ1n) is 9.88. The smallest absolute Gasteiger partial charge is 0.264 e. The van der Waals surface area contributed by atoms with E-state index >= 15 is 0 Å². The van der Waals surface area contributed by atoms with Gasteiger partial charge in [0, 0.05) is 5.02 Å². The van der Waals surface area contributed by atoms with Crippen molar-refractivity contribution in [3.63, 3.8) is 0 Å². The topological polar surface area (TPSA) is 66.5 Å². The number of carbonyl (C=O) groups excluding carboxylic acids is 1. The van der Waals surface area contributed by atoms with Crippen molar-refractivity contribution in [1.82, 2.24) is 5.32 Å². The number of hydrogen-bond donors (Lipinski definition) is 1. The molecule has 0 unspecified atom stereocenters. The number of anilines is 1. The van der Waals surface area contributed by atoms with Gasteiger partial charge in [0.1, 0.15) is 6.54 Å². The van der Waals surface area contributed by atoms with Crippen molar-refractivity contribution in [1.29, 1.82) is 0 Å². The van der Waals surface area contributed by atoms with Crippen LogP contribution >= 0.6 is 11.6 Å². The molecule has 1 atom stereocenters. The van der Waals surface area contributed by atoms with Crippen LogP contribution in [0.25, 0.3) is 0 Å². The highest BCUT2D eigenvalue weighted by Gasteiger charge is 2.28. The minimum atomic E-state index is -3.98. The molecule has 0 radical (unpaired) electrons. The van der Waals surface area contributed by atoms with Crippen LogP contribution in [0.1, 0.15) is 29.7 Å². The molecular weight excluding hydrogens is 432 g/mol. The first-order chi connectivity index (χ1) is 14.7. The van der Waals surface area contributed by atoms with Crippen LogP contribution < -0.4 is 9.62 Å². The summed E-state index contributed by atoms with van der Waals surface area (Å²) in [7, 11) is -3.98. The fraction of sp³-hybridized carbons (Fsp3) is 0.208. The molecule has 1 amide bonds. The van der Waals surface area contributed by atoms with Crippen LogP contribution in [0.2, 0.25) is 5.02 Å². The van der Waals surface area contributed by atoms with E-state index < -0.39 is 15.9 Å². The molecule has 3 rings (SSSR count). The van der Waals surface area contributed by atoms with E-state index in [0.29, 0.717) is 16.3 Å². The highest BCUT2D eigenvalue weighted by Crippen LogP contribution is 2.29. The predicted octanol–water partition coefficient (Wildman–Crippen LogP) is 5.03. The number of nitrogens with zero attached hydrogens (tertiary/aromatic N) is 1. The Hall–Kier alpha value is -2.83. The lowest BCUT2D eigenvalue weighted by Crippen LogP contribution is -2.41. The van der Waals surface area contributed by atoms with E-state index in [-0.39, 0.29) is 17.5 Å². The summed E-state index contributed by atoms with van der Waals surface area (Å²) < 4.78 is 28.0. The molecule has 0 spiro atoms. The Morgan fingerprint density at radius 3 is 2.29 bits per heavy atom. The summed E-state index contributed by atoms with van der Waals surface area (Å²) in [5, 5.41) is 3.29. The lowest BCUT2D eigenvalue weighted by molar-refractivity contribution is -0.120. The number of aryl methyl sites for hydroxylation is 2. The first kappa shape index (κ1) is 22.8. The van der Waals surface area contributed by atoms with Gasteiger partial charge in [0.15, 0.2) is 0 Å². The third kappa shape index (κ3) is 5.46. The van der Waals surface area contributed by atoms with E-state index in [1.165, 1.54) is 12.1 Å². The standard InChI is InChI=1S/C24H25ClN2O3S/c1-17-9-12-20(13-10-17)19(3)26-24(28)16-27(23-15-21(25)14-11-18(23)2)31(29,30)22-7-5-4-6-8-22/h4-15,19H,16H2,1-3H3,(H,26,28)/t19-/m0/s1. The molecule has 0 bridgehead atoms. The highest BCUT2D eigenvalue weighted by molar-refractivity contribution is 7.92. The fourth-order valence-corrected chi connectivity index (χ4v) is 4.89. The Morgan fingerprint density at radius 1 is 1.00 bits per heavy atom. The Bertz CT molecular complexity index is 1160. The summed E-state index contributed by atoms with van der Waals surface area (Å²) in [4.78, 5) is 13.0. The lowest BCUT2D eigenvalue weighted by atomic mass is 10.1. The summed E-state index contributed by atoms with van der Waals surface area (Å²) in [6, 6.07) is 20.6. The molecular formula is C24H25ClN2O3S. The number of hydrogen-bond acceptors (Lipinski definition) is 3. The van der Waals surface area contributed by atoms with Crippen LogP contribution in [-0.2, 0) is 14.8 Å². The summed E-state index contributed by atoms with van der Waals surface area (Å²) in [5.74, 6) is -0.410. The van der Waals surface area contributed by atoms with Gasteiger partial charge in [-0.15, -0.1) is 0 Å². The van der Waals surface area contributed by atoms with Crippen molar-refractivity contribution in [3.05, 3.63) is 94.5 Å². The summed E-state index contributed by atoms with van der Waals surface area (Å²) in [5.41, 5.74) is 3.13. The predicted molar refractivity (Wildman–Crippen MR) is 125 cm³/mol. The van der Waals surface area contributed by atoms with E-state index in [1.54, 1.807) is 43.3 Å². The summed E-state index contributed by atoms with van der Waals surface area (Å²) in [6.07, 6.45) is 0. The maximum Gasteiger partial charge on any atom is 0.264 e. The molecule has 0 aliphatic heterocycles. The molecule has 0 aromatic heterocycles. The molecule has 3 aromatic rings. The average Bonchev–Trinajstić information content (AvgIpc) is 2.75. The van der Waals surface area contributed by atoms with Crippen LogP contribution in [0.5, 0.6) is 0 Å². The number of sulfonamides is 1. The van der Waals surface area contributed by atoms with E-state index in [2.05, 4.69) is 5.32 Å². The molecule has 3 aromatic carbocycles. The Balaban J connectivity index is 1.92.